The van der Waals surface area contributed by atoms with Crippen LogP contribution in [0.1, 0.15) is 16.8 Å². The van der Waals surface area contributed by atoms with Gasteiger partial charge in [-0.25, -0.2) is 4.98 Å². The molecule has 1 aromatic carbocycles. The molecule has 6 heteroatoms. The number of benzene rings is 1. The van der Waals surface area contributed by atoms with Gasteiger partial charge in [0.15, 0.2) is 10.9 Å². The maximum Gasteiger partial charge on any atom is 0.194 e. The Bertz CT molecular complexity index is 789. The first kappa shape index (κ1) is 15.6. The zero-order valence-electron chi connectivity index (χ0n) is 13.7. The van der Waals surface area contributed by atoms with Gasteiger partial charge in [0.1, 0.15) is 0 Å². The molecule has 0 saturated carbocycles. The van der Waals surface area contributed by atoms with E-state index in [1.54, 1.807) is 11.3 Å². The minimum absolute atomic E-state index is 0.666. The van der Waals surface area contributed by atoms with Crippen molar-refractivity contribution in [3.63, 3.8) is 0 Å². The third kappa shape index (κ3) is 3.53. The van der Waals surface area contributed by atoms with Crippen molar-refractivity contribution in [1.82, 2.24) is 19.6 Å². The maximum atomic E-state index is 4.58. The van der Waals surface area contributed by atoms with E-state index in [0.717, 1.165) is 23.2 Å². The van der Waals surface area contributed by atoms with Crippen LogP contribution in [0.5, 0.6) is 0 Å². The van der Waals surface area contributed by atoms with Crippen LogP contribution >= 0.6 is 11.3 Å². The Morgan fingerprint density at radius 2 is 2.22 bits per heavy atom. The number of hydrogen-bond donors (Lipinski definition) is 1. The third-order valence-corrected chi connectivity index (χ3v) is 4.58. The van der Waals surface area contributed by atoms with Crippen LogP contribution in [0, 0.1) is 6.92 Å². The Balaban J connectivity index is 1.63. The molecule has 0 radical (unpaired) electrons. The standard InChI is InChI=1S/C17H21N5S/c1-13-6-4-5-7-14(13)11-21(3)16(18-2)19-10-15-12-22-8-9-23-17(22)20-15/h4-9,12H,10-11H2,1-3H3,(H,18,19). The van der Waals surface area contributed by atoms with Crippen molar-refractivity contribution >= 4 is 22.3 Å². The van der Waals surface area contributed by atoms with Crippen LogP contribution in [0.2, 0.25) is 0 Å². The molecule has 1 N–H and O–H groups in total. The molecule has 0 atom stereocenters. The zero-order valence-corrected chi connectivity index (χ0v) is 14.5. The summed E-state index contributed by atoms with van der Waals surface area (Å²) in [7, 11) is 3.86. The fraction of sp³-hybridized carbons (Fsp3) is 0.294. The topological polar surface area (TPSA) is 44.9 Å². The summed E-state index contributed by atoms with van der Waals surface area (Å²) >= 11 is 1.64. The van der Waals surface area contributed by atoms with Gasteiger partial charge >= 0.3 is 0 Å². The Labute approximate surface area is 140 Å². The monoisotopic (exact) mass is 327 g/mol. The molecule has 0 spiro atoms. The Morgan fingerprint density at radius 1 is 1.39 bits per heavy atom. The van der Waals surface area contributed by atoms with Gasteiger partial charge in [-0.05, 0) is 18.1 Å². The van der Waals surface area contributed by atoms with Gasteiger partial charge < -0.3 is 10.2 Å². The molecule has 0 saturated heterocycles. The second-order valence-corrected chi connectivity index (χ2v) is 6.38. The normalized spacial score (nSPS) is 11.9. The van der Waals surface area contributed by atoms with Gasteiger partial charge in [-0.1, -0.05) is 24.3 Å². The van der Waals surface area contributed by atoms with Gasteiger partial charge in [0.2, 0.25) is 0 Å². The molecule has 23 heavy (non-hydrogen) atoms. The number of hydrogen-bond acceptors (Lipinski definition) is 3. The van der Waals surface area contributed by atoms with Crippen molar-refractivity contribution in [2.45, 2.75) is 20.0 Å². The quantitative estimate of drug-likeness (QED) is 0.592. The third-order valence-electron chi connectivity index (χ3n) is 3.81. The fourth-order valence-electron chi connectivity index (χ4n) is 2.53. The average Bonchev–Trinajstić information content (AvgIpc) is 3.11. The highest BCUT2D eigenvalue weighted by Gasteiger charge is 2.09. The number of rotatable bonds is 4. The molecule has 2 heterocycles. The van der Waals surface area contributed by atoms with Gasteiger partial charge in [-0.15, -0.1) is 11.3 Å². The number of nitrogens with one attached hydrogen (secondary N) is 1. The molecule has 3 aromatic rings. The summed E-state index contributed by atoms with van der Waals surface area (Å²) in [6.45, 7) is 3.63. The van der Waals surface area contributed by atoms with Crippen LogP contribution in [0.15, 0.2) is 47.0 Å². The molecular weight excluding hydrogens is 306 g/mol. The molecule has 0 aliphatic carbocycles. The molecule has 0 aliphatic heterocycles. The number of aliphatic imine (C=N–C) groups is 1. The van der Waals surface area contributed by atoms with Crippen LogP contribution in [-0.2, 0) is 13.1 Å². The van der Waals surface area contributed by atoms with E-state index in [1.165, 1.54) is 11.1 Å². The summed E-state index contributed by atoms with van der Waals surface area (Å²) in [5.74, 6) is 0.865. The van der Waals surface area contributed by atoms with Crippen LogP contribution in [-0.4, -0.2) is 34.3 Å². The summed E-state index contributed by atoms with van der Waals surface area (Å²) in [4.78, 5) is 12.1. The van der Waals surface area contributed by atoms with E-state index in [1.807, 2.05) is 36.3 Å². The van der Waals surface area contributed by atoms with E-state index in [4.69, 9.17) is 0 Å². The number of thiazole rings is 1. The predicted molar refractivity (Wildman–Crippen MR) is 95.9 cm³/mol. The van der Waals surface area contributed by atoms with Crippen molar-refractivity contribution in [2.24, 2.45) is 4.99 Å². The first-order valence-electron chi connectivity index (χ1n) is 7.54. The highest BCUT2D eigenvalue weighted by molar-refractivity contribution is 7.15. The molecule has 120 valence electrons. The highest BCUT2D eigenvalue weighted by Crippen LogP contribution is 2.12. The van der Waals surface area contributed by atoms with E-state index < -0.39 is 0 Å². The van der Waals surface area contributed by atoms with E-state index in [9.17, 15) is 0 Å². The van der Waals surface area contributed by atoms with Crippen molar-refractivity contribution in [3.8, 4) is 0 Å². The van der Waals surface area contributed by atoms with E-state index in [-0.39, 0.29) is 0 Å². The van der Waals surface area contributed by atoms with Crippen molar-refractivity contribution < 1.29 is 0 Å². The number of aromatic nitrogens is 2. The summed E-state index contributed by atoms with van der Waals surface area (Å²) in [6, 6.07) is 8.43. The second kappa shape index (κ2) is 6.83. The fourth-order valence-corrected chi connectivity index (χ4v) is 3.25. The highest BCUT2D eigenvalue weighted by atomic mass is 32.1. The van der Waals surface area contributed by atoms with E-state index >= 15 is 0 Å². The lowest BCUT2D eigenvalue weighted by Gasteiger charge is -2.22. The second-order valence-electron chi connectivity index (χ2n) is 5.51. The number of imidazole rings is 1. The Hall–Kier alpha value is -2.34. The van der Waals surface area contributed by atoms with Crippen molar-refractivity contribution in [2.75, 3.05) is 14.1 Å². The van der Waals surface area contributed by atoms with Gasteiger partial charge in [0.05, 0.1) is 12.2 Å². The van der Waals surface area contributed by atoms with Crippen LogP contribution < -0.4 is 5.32 Å². The molecule has 0 aliphatic rings. The number of fused-ring (bicyclic) bond motifs is 1. The number of nitrogens with zero attached hydrogens (tertiary/aromatic N) is 4. The molecular formula is C17H21N5S. The summed E-state index contributed by atoms with van der Waals surface area (Å²) in [6.07, 6.45) is 4.07. The minimum atomic E-state index is 0.666. The van der Waals surface area contributed by atoms with E-state index in [2.05, 4.69) is 51.4 Å². The van der Waals surface area contributed by atoms with Crippen LogP contribution in [0.3, 0.4) is 0 Å². The summed E-state index contributed by atoms with van der Waals surface area (Å²) in [5.41, 5.74) is 3.62. The molecule has 0 amide bonds. The van der Waals surface area contributed by atoms with Gasteiger partial charge in [0, 0.05) is 38.4 Å². The Morgan fingerprint density at radius 3 is 2.96 bits per heavy atom. The molecule has 0 fully saturated rings. The predicted octanol–water partition coefficient (Wildman–Crippen LogP) is 2.91. The summed E-state index contributed by atoms with van der Waals surface area (Å²) in [5, 5.41) is 5.42. The van der Waals surface area contributed by atoms with Gasteiger partial charge in [0.25, 0.3) is 0 Å². The van der Waals surface area contributed by atoms with Gasteiger partial charge in [-0.3, -0.25) is 9.39 Å². The average molecular weight is 327 g/mol. The van der Waals surface area contributed by atoms with Gasteiger partial charge in [-0.2, -0.15) is 0 Å². The van der Waals surface area contributed by atoms with E-state index in [0.29, 0.717) is 6.54 Å². The SMILES string of the molecule is CN=C(NCc1cn2ccsc2n1)N(C)Cc1ccccc1C. The zero-order chi connectivity index (χ0) is 16.2. The Kier molecular flexibility index (Phi) is 4.62. The summed E-state index contributed by atoms with van der Waals surface area (Å²) < 4.78 is 2.04. The van der Waals surface area contributed by atoms with Crippen molar-refractivity contribution in [3.05, 3.63) is 58.9 Å². The smallest absolute Gasteiger partial charge is 0.194 e. The number of guanidine groups is 1. The minimum Gasteiger partial charge on any atom is -0.351 e. The first-order valence-corrected chi connectivity index (χ1v) is 8.42. The molecule has 0 bridgehead atoms. The maximum absolute atomic E-state index is 4.58. The lowest BCUT2D eigenvalue weighted by Crippen LogP contribution is -2.38. The lowest BCUT2D eigenvalue weighted by atomic mass is 10.1. The lowest BCUT2D eigenvalue weighted by molar-refractivity contribution is 0.475. The van der Waals surface area contributed by atoms with Crippen LogP contribution in [0.25, 0.3) is 4.96 Å². The van der Waals surface area contributed by atoms with Crippen LogP contribution in [0.4, 0.5) is 0 Å². The first-order chi connectivity index (χ1) is 11.2. The molecule has 0 unspecified atom stereocenters. The molecule has 2 aromatic heterocycles. The molecule has 5 nitrogen and oxygen atoms in total. The molecule has 3 rings (SSSR count). The van der Waals surface area contributed by atoms with Crippen molar-refractivity contribution in [1.29, 1.82) is 0 Å². The largest absolute Gasteiger partial charge is 0.351 e. The number of aryl methyl sites for hydroxylation is 1.